The molecule has 1 saturated heterocycles. The summed E-state index contributed by atoms with van der Waals surface area (Å²) in [4.78, 5) is 37.7. The van der Waals surface area contributed by atoms with Crippen molar-refractivity contribution in [1.82, 2.24) is 10.2 Å². The number of nitrogens with one attached hydrogen (secondary N) is 1. The summed E-state index contributed by atoms with van der Waals surface area (Å²) in [6.07, 6.45) is 3.10. The molecule has 0 radical (unpaired) electrons. The summed E-state index contributed by atoms with van der Waals surface area (Å²) in [5.41, 5.74) is -0.752. The second kappa shape index (κ2) is 5.94. The fourth-order valence-electron chi connectivity index (χ4n) is 3.52. The molecule has 0 atom stereocenters. The number of hydrogen-bond donors (Lipinski definition) is 1. The number of esters is 1. The first-order chi connectivity index (χ1) is 12.1. The van der Waals surface area contributed by atoms with Crippen LogP contribution < -0.4 is 19.5 Å². The first-order valence-electron chi connectivity index (χ1n) is 8.32. The molecule has 25 heavy (non-hydrogen) atoms. The number of nitrogens with zero attached hydrogens (tertiary/aromatic N) is 1. The van der Waals surface area contributed by atoms with E-state index in [1.165, 1.54) is 0 Å². The second-order valence-corrected chi connectivity index (χ2v) is 6.42. The highest BCUT2D eigenvalue weighted by molar-refractivity contribution is 6.07. The Hall–Kier alpha value is -2.77. The van der Waals surface area contributed by atoms with E-state index in [1.807, 2.05) is 0 Å². The molecule has 132 valence electrons. The SMILES string of the molecule is O=C(CCN1C(=O)NC2(CCCC2)C1=O)Oc1ccc2c(c1)OCO2. The molecule has 0 bridgehead atoms. The number of amides is 3. The molecule has 2 aliphatic heterocycles. The molecule has 1 aliphatic carbocycles. The minimum Gasteiger partial charge on any atom is -0.454 e. The van der Waals surface area contributed by atoms with E-state index in [2.05, 4.69) is 5.32 Å². The van der Waals surface area contributed by atoms with E-state index in [-0.39, 0.29) is 25.7 Å². The zero-order valence-corrected chi connectivity index (χ0v) is 13.6. The van der Waals surface area contributed by atoms with Crippen LogP contribution in [0.25, 0.3) is 0 Å². The summed E-state index contributed by atoms with van der Waals surface area (Å²) >= 11 is 0. The number of rotatable bonds is 4. The highest BCUT2D eigenvalue weighted by Gasteiger charge is 2.52. The molecule has 1 N–H and O–H groups in total. The van der Waals surface area contributed by atoms with E-state index in [4.69, 9.17) is 14.2 Å². The quantitative estimate of drug-likeness (QED) is 0.505. The zero-order valence-electron chi connectivity index (χ0n) is 13.6. The van der Waals surface area contributed by atoms with Crippen molar-refractivity contribution in [1.29, 1.82) is 0 Å². The molecule has 1 aromatic rings. The maximum atomic E-state index is 12.5. The Morgan fingerprint density at radius 3 is 2.76 bits per heavy atom. The van der Waals surface area contributed by atoms with Crippen molar-refractivity contribution in [2.75, 3.05) is 13.3 Å². The smallest absolute Gasteiger partial charge is 0.325 e. The molecule has 3 aliphatic rings. The van der Waals surface area contributed by atoms with Crippen molar-refractivity contribution in [3.8, 4) is 17.2 Å². The highest BCUT2D eigenvalue weighted by Crippen LogP contribution is 2.36. The highest BCUT2D eigenvalue weighted by atomic mass is 16.7. The predicted octanol–water partition coefficient (Wildman–Crippen LogP) is 1.58. The number of ether oxygens (including phenoxy) is 3. The van der Waals surface area contributed by atoms with Gasteiger partial charge in [0.15, 0.2) is 11.5 Å². The van der Waals surface area contributed by atoms with Crippen LogP contribution in [0.4, 0.5) is 4.79 Å². The molecule has 8 heteroatoms. The van der Waals surface area contributed by atoms with Crippen LogP contribution in [0.3, 0.4) is 0 Å². The molecule has 3 amide bonds. The Bertz CT molecular complexity index is 741. The van der Waals surface area contributed by atoms with Crippen molar-refractivity contribution in [2.45, 2.75) is 37.6 Å². The van der Waals surface area contributed by atoms with Gasteiger partial charge in [-0.25, -0.2) is 4.79 Å². The number of hydrogen-bond acceptors (Lipinski definition) is 6. The molecule has 0 aromatic heterocycles. The van der Waals surface area contributed by atoms with Crippen molar-refractivity contribution in [3.05, 3.63) is 18.2 Å². The van der Waals surface area contributed by atoms with Crippen LogP contribution in [0.15, 0.2) is 18.2 Å². The molecule has 2 fully saturated rings. The van der Waals surface area contributed by atoms with Gasteiger partial charge in [-0.05, 0) is 25.0 Å². The van der Waals surface area contributed by atoms with Gasteiger partial charge in [-0.1, -0.05) is 12.8 Å². The molecule has 0 unspecified atom stereocenters. The van der Waals surface area contributed by atoms with E-state index < -0.39 is 17.5 Å². The van der Waals surface area contributed by atoms with Crippen molar-refractivity contribution < 1.29 is 28.6 Å². The molecular formula is C17H18N2O6. The molecule has 1 saturated carbocycles. The first kappa shape index (κ1) is 15.7. The lowest BCUT2D eigenvalue weighted by Crippen LogP contribution is -2.44. The van der Waals surface area contributed by atoms with Gasteiger partial charge in [0.25, 0.3) is 5.91 Å². The Balaban J connectivity index is 1.34. The Morgan fingerprint density at radius 1 is 1.20 bits per heavy atom. The van der Waals surface area contributed by atoms with Gasteiger partial charge in [0.05, 0.1) is 6.42 Å². The maximum absolute atomic E-state index is 12.5. The van der Waals surface area contributed by atoms with Gasteiger partial charge in [-0.15, -0.1) is 0 Å². The Labute approximate surface area is 144 Å². The predicted molar refractivity (Wildman–Crippen MR) is 84.3 cm³/mol. The van der Waals surface area contributed by atoms with E-state index in [9.17, 15) is 14.4 Å². The summed E-state index contributed by atoms with van der Waals surface area (Å²) in [7, 11) is 0. The van der Waals surface area contributed by atoms with Crippen LogP contribution in [0.1, 0.15) is 32.1 Å². The van der Waals surface area contributed by atoms with Gasteiger partial charge >= 0.3 is 12.0 Å². The van der Waals surface area contributed by atoms with Crippen LogP contribution >= 0.6 is 0 Å². The van der Waals surface area contributed by atoms with E-state index in [1.54, 1.807) is 18.2 Å². The van der Waals surface area contributed by atoms with Gasteiger partial charge in [0.1, 0.15) is 11.3 Å². The minimum absolute atomic E-state index is 0.00972. The normalized spacial score (nSPS) is 20.2. The maximum Gasteiger partial charge on any atom is 0.325 e. The number of imide groups is 1. The summed E-state index contributed by atoms with van der Waals surface area (Å²) < 4.78 is 15.7. The van der Waals surface area contributed by atoms with Gasteiger partial charge in [-0.2, -0.15) is 0 Å². The number of carbonyl (C=O) groups is 3. The number of fused-ring (bicyclic) bond motifs is 1. The first-order valence-corrected chi connectivity index (χ1v) is 8.32. The molecule has 2 heterocycles. The summed E-state index contributed by atoms with van der Waals surface area (Å²) in [6.45, 7) is 0.149. The van der Waals surface area contributed by atoms with Crippen molar-refractivity contribution in [2.24, 2.45) is 0 Å². The van der Waals surface area contributed by atoms with Gasteiger partial charge in [0.2, 0.25) is 6.79 Å². The molecule has 4 rings (SSSR count). The average Bonchev–Trinajstić information content (AvgIpc) is 3.28. The molecule has 1 spiro atoms. The third-order valence-corrected chi connectivity index (χ3v) is 4.82. The van der Waals surface area contributed by atoms with Crippen molar-refractivity contribution in [3.63, 3.8) is 0 Å². The third kappa shape index (κ3) is 2.77. The monoisotopic (exact) mass is 346 g/mol. The number of urea groups is 1. The van der Waals surface area contributed by atoms with Crippen LogP contribution in [-0.2, 0) is 9.59 Å². The minimum atomic E-state index is -0.752. The van der Waals surface area contributed by atoms with Crippen molar-refractivity contribution >= 4 is 17.9 Å². The fraction of sp³-hybridized carbons (Fsp3) is 0.471. The standard InChI is InChI=1S/C17H18N2O6/c20-14(25-11-3-4-12-13(9-11)24-10-23-12)5-8-19-15(21)17(18-16(19)22)6-1-2-7-17/h3-4,9H,1-2,5-8,10H2,(H,18,22). The van der Waals surface area contributed by atoms with Crippen LogP contribution in [-0.4, -0.2) is 41.7 Å². The summed E-state index contributed by atoms with van der Waals surface area (Å²) in [5.74, 6) is 0.694. The second-order valence-electron chi connectivity index (χ2n) is 6.42. The Kier molecular flexibility index (Phi) is 3.74. The van der Waals surface area contributed by atoms with Crippen LogP contribution in [0.5, 0.6) is 17.2 Å². The number of carbonyl (C=O) groups excluding carboxylic acids is 3. The summed E-state index contributed by atoms with van der Waals surface area (Å²) in [5, 5.41) is 2.79. The van der Waals surface area contributed by atoms with Crippen LogP contribution in [0.2, 0.25) is 0 Å². The lowest BCUT2D eigenvalue weighted by atomic mass is 9.98. The topological polar surface area (TPSA) is 94.2 Å². The third-order valence-electron chi connectivity index (χ3n) is 4.82. The van der Waals surface area contributed by atoms with Crippen LogP contribution in [0, 0.1) is 0 Å². The summed E-state index contributed by atoms with van der Waals surface area (Å²) in [6, 6.07) is 4.41. The van der Waals surface area contributed by atoms with E-state index in [0.717, 1.165) is 17.7 Å². The largest absolute Gasteiger partial charge is 0.454 e. The molecule has 8 nitrogen and oxygen atoms in total. The van der Waals surface area contributed by atoms with E-state index >= 15 is 0 Å². The fourth-order valence-corrected chi connectivity index (χ4v) is 3.52. The van der Waals surface area contributed by atoms with Gasteiger partial charge in [0, 0.05) is 12.6 Å². The molecule has 1 aromatic carbocycles. The lowest BCUT2D eigenvalue weighted by Gasteiger charge is -2.19. The Morgan fingerprint density at radius 2 is 1.96 bits per heavy atom. The number of benzene rings is 1. The van der Waals surface area contributed by atoms with Gasteiger partial charge in [-0.3, -0.25) is 14.5 Å². The zero-order chi connectivity index (χ0) is 17.4. The van der Waals surface area contributed by atoms with E-state index in [0.29, 0.717) is 30.1 Å². The lowest BCUT2D eigenvalue weighted by molar-refractivity contribution is -0.135. The molecular weight excluding hydrogens is 328 g/mol. The average molecular weight is 346 g/mol. The van der Waals surface area contributed by atoms with Gasteiger partial charge < -0.3 is 19.5 Å².